The van der Waals surface area contributed by atoms with Crippen LogP contribution in [0.4, 0.5) is 10.6 Å². The van der Waals surface area contributed by atoms with E-state index in [-0.39, 0.29) is 11.5 Å². The third-order valence-corrected chi connectivity index (χ3v) is 9.57. The number of hydrogen-bond donors (Lipinski definition) is 0. The summed E-state index contributed by atoms with van der Waals surface area (Å²) < 4.78 is 6.47. The summed E-state index contributed by atoms with van der Waals surface area (Å²) in [5.41, 5.74) is 1.78. The molecule has 3 saturated heterocycles. The van der Waals surface area contributed by atoms with Crippen LogP contribution in [0.1, 0.15) is 63.8 Å². The largest absolute Gasteiger partial charge is 0.444 e. The van der Waals surface area contributed by atoms with E-state index in [1.807, 2.05) is 31.7 Å². The van der Waals surface area contributed by atoms with Crippen molar-refractivity contribution >= 4 is 50.3 Å². The van der Waals surface area contributed by atoms with Gasteiger partial charge in [-0.05, 0) is 101 Å². The molecule has 36 heavy (non-hydrogen) atoms. The summed E-state index contributed by atoms with van der Waals surface area (Å²) in [4.78, 5) is 29.4. The number of amides is 1. The topological polar surface area (TPSA) is 61.8 Å². The first-order valence-corrected chi connectivity index (χ1v) is 14.2. The van der Waals surface area contributed by atoms with E-state index in [2.05, 4.69) is 39.7 Å². The van der Waals surface area contributed by atoms with Crippen LogP contribution in [-0.2, 0) is 4.74 Å². The summed E-state index contributed by atoms with van der Waals surface area (Å²) in [6.45, 7) is 13.3. The Morgan fingerprint density at radius 1 is 1.14 bits per heavy atom. The van der Waals surface area contributed by atoms with Gasteiger partial charge in [-0.3, -0.25) is 0 Å². The number of halogens is 2. The Labute approximate surface area is 227 Å². The van der Waals surface area contributed by atoms with Gasteiger partial charge in [0.1, 0.15) is 17.2 Å². The van der Waals surface area contributed by atoms with Crippen LogP contribution in [0.2, 0.25) is 5.02 Å². The van der Waals surface area contributed by atoms with E-state index in [9.17, 15) is 4.79 Å². The summed E-state index contributed by atoms with van der Waals surface area (Å²) >= 11 is 10.3. The van der Waals surface area contributed by atoms with Crippen LogP contribution >= 0.6 is 27.5 Å². The van der Waals surface area contributed by atoms with Crippen LogP contribution in [-0.4, -0.2) is 77.8 Å². The monoisotopic (exact) mass is 577 g/mol. The van der Waals surface area contributed by atoms with Crippen molar-refractivity contribution in [3.63, 3.8) is 0 Å². The number of carbonyl (C=O) groups is 1. The van der Waals surface area contributed by atoms with Crippen molar-refractivity contribution < 1.29 is 9.53 Å². The number of piperidine rings is 2. The Morgan fingerprint density at radius 3 is 2.39 bits per heavy atom. The highest BCUT2D eigenvalue weighted by atomic mass is 79.9. The smallest absolute Gasteiger partial charge is 0.410 e. The molecule has 0 bridgehead atoms. The van der Waals surface area contributed by atoms with Crippen LogP contribution in [0.25, 0.3) is 10.9 Å². The molecule has 3 fully saturated rings. The molecule has 5 rings (SSSR count). The Morgan fingerprint density at radius 2 is 1.78 bits per heavy atom. The van der Waals surface area contributed by atoms with Gasteiger partial charge in [-0.15, -0.1) is 0 Å². The summed E-state index contributed by atoms with van der Waals surface area (Å²) in [6.07, 6.45) is 4.03. The van der Waals surface area contributed by atoms with Crippen LogP contribution in [0, 0.1) is 12.3 Å². The van der Waals surface area contributed by atoms with Crippen molar-refractivity contribution in [2.75, 3.05) is 51.2 Å². The van der Waals surface area contributed by atoms with Gasteiger partial charge in [-0.25, -0.2) is 14.8 Å². The molecule has 1 spiro atoms. The zero-order valence-electron chi connectivity index (χ0n) is 22.0. The highest BCUT2D eigenvalue weighted by Gasteiger charge is 2.48. The molecule has 1 aromatic carbocycles. The number of ether oxygens (including phenoxy) is 1. The molecule has 0 N–H and O–H groups in total. The summed E-state index contributed by atoms with van der Waals surface area (Å²) in [5, 5.41) is 1.72. The molecule has 9 heteroatoms. The molecular weight excluding hydrogens is 542 g/mol. The van der Waals surface area contributed by atoms with Gasteiger partial charge in [-0.1, -0.05) is 11.6 Å². The first-order chi connectivity index (χ1) is 16.9. The number of nitrogens with zero attached hydrogens (tertiary/aromatic N) is 5. The molecule has 0 radical (unpaired) electrons. The molecule has 7 nitrogen and oxygen atoms in total. The maximum absolute atomic E-state index is 12.5. The van der Waals surface area contributed by atoms with E-state index in [0.29, 0.717) is 10.9 Å². The van der Waals surface area contributed by atoms with Gasteiger partial charge in [0.25, 0.3) is 0 Å². The molecule has 0 saturated carbocycles. The normalized spacial score (nSPS) is 21.2. The fourth-order valence-electron chi connectivity index (χ4n) is 5.78. The Hall–Kier alpha value is -1.64. The molecule has 196 valence electrons. The summed E-state index contributed by atoms with van der Waals surface area (Å²) in [5.74, 6) is 2.34. The number of hydrogen-bond acceptors (Lipinski definition) is 6. The Balaban J connectivity index is 1.38. The molecule has 0 unspecified atom stereocenters. The van der Waals surface area contributed by atoms with E-state index in [0.717, 1.165) is 97.5 Å². The molecule has 0 aliphatic carbocycles. The zero-order valence-corrected chi connectivity index (χ0v) is 24.4. The second-order valence-corrected chi connectivity index (χ2v) is 13.2. The van der Waals surface area contributed by atoms with E-state index in [4.69, 9.17) is 26.3 Å². The maximum Gasteiger partial charge on any atom is 0.410 e. The van der Waals surface area contributed by atoms with Crippen LogP contribution < -0.4 is 4.90 Å². The molecule has 3 aliphatic rings. The highest BCUT2D eigenvalue weighted by Crippen LogP contribution is 2.44. The summed E-state index contributed by atoms with van der Waals surface area (Å²) in [7, 11) is 2.18. The quantitative estimate of drug-likeness (QED) is 0.436. The molecule has 3 aliphatic heterocycles. The lowest BCUT2D eigenvalue weighted by atomic mass is 9.72. The van der Waals surface area contributed by atoms with Gasteiger partial charge >= 0.3 is 6.09 Å². The Kier molecular flexibility index (Phi) is 6.92. The standard InChI is InChI=1S/C27H37BrClN5O2/c1-17-21(28)20(29)14-19-22(17)30-23(18-6-10-32(5)11-7-18)31-24(19)33-12-8-27(9-13-33)15-34(16-27)25(35)36-26(2,3)4/h14,18H,6-13,15-16H2,1-5H3. The van der Waals surface area contributed by atoms with Crippen LogP contribution in [0.15, 0.2) is 10.5 Å². The lowest BCUT2D eigenvalue weighted by Crippen LogP contribution is -2.62. The predicted molar refractivity (Wildman–Crippen MR) is 148 cm³/mol. The number of rotatable bonds is 2. The first kappa shape index (κ1) is 26.0. The SMILES string of the molecule is Cc1c(Br)c(Cl)cc2c(N3CCC4(CC3)CN(C(=O)OC(C)(C)C)C4)nc(C3CCN(C)CC3)nc12. The second kappa shape index (κ2) is 9.59. The molecule has 2 aromatic rings. The zero-order chi connectivity index (χ0) is 25.8. The van der Waals surface area contributed by atoms with Gasteiger partial charge in [0.2, 0.25) is 0 Å². The van der Waals surface area contributed by atoms with Gasteiger partial charge < -0.3 is 19.4 Å². The minimum absolute atomic E-state index is 0.184. The lowest BCUT2D eigenvalue weighted by Gasteiger charge is -2.53. The van der Waals surface area contributed by atoms with E-state index < -0.39 is 5.60 Å². The minimum atomic E-state index is -0.461. The fourth-order valence-corrected chi connectivity index (χ4v) is 6.34. The van der Waals surface area contributed by atoms with Gasteiger partial charge in [0.15, 0.2) is 0 Å². The van der Waals surface area contributed by atoms with Crippen molar-refractivity contribution in [1.82, 2.24) is 19.8 Å². The number of aryl methyl sites for hydroxylation is 1. The number of aromatic nitrogens is 2. The van der Waals surface area contributed by atoms with Crippen molar-refractivity contribution in [2.45, 2.75) is 64.9 Å². The van der Waals surface area contributed by atoms with Gasteiger partial charge in [-0.2, -0.15) is 0 Å². The van der Waals surface area contributed by atoms with Gasteiger partial charge in [0, 0.05) is 47.4 Å². The number of benzene rings is 1. The highest BCUT2D eigenvalue weighted by molar-refractivity contribution is 9.10. The molecule has 1 aromatic heterocycles. The first-order valence-electron chi connectivity index (χ1n) is 13.0. The number of anilines is 1. The van der Waals surface area contributed by atoms with Crippen molar-refractivity contribution in [2.24, 2.45) is 5.41 Å². The van der Waals surface area contributed by atoms with Crippen LogP contribution in [0.5, 0.6) is 0 Å². The van der Waals surface area contributed by atoms with Crippen molar-refractivity contribution in [1.29, 1.82) is 0 Å². The lowest BCUT2D eigenvalue weighted by molar-refractivity contribution is -0.0434. The molecule has 4 heterocycles. The second-order valence-electron chi connectivity index (χ2n) is 12.0. The molecule has 1 amide bonds. The van der Waals surface area contributed by atoms with Crippen molar-refractivity contribution in [3.8, 4) is 0 Å². The van der Waals surface area contributed by atoms with E-state index in [1.54, 1.807) is 0 Å². The third-order valence-electron chi connectivity index (χ3n) is 8.02. The third kappa shape index (κ3) is 5.05. The fraction of sp³-hybridized carbons (Fsp3) is 0.667. The predicted octanol–water partition coefficient (Wildman–Crippen LogP) is 6.00. The Bertz CT molecular complexity index is 1160. The number of fused-ring (bicyclic) bond motifs is 1. The average Bonchev–Trinajstić information content (AvgIpc) is 2.80. The van der Waals surface area contributed by atoms with Crippen molar-refractivity contribution in [3.05, 3.63) is 26.9 Å². The maximum atomic E-state index is 12.5. The summed E-state index contributed by atoms with van der Waals surface area (Å²) in [6, 6.07) is 2.01. The van der Waals surface area contributed by atoms with E-state index in [1.165, 1.54) is 0 Å². The molecule has 0 atom stereocenters. The average molecular weight is 579 g/mol. The number of likely N-dealkylation sites (tertiary alicyclic amines) is 2. The van der Waals surface area contributed by atoms with Gasteiger partial charge in [0.05, 0.1) is 10.5 Å². The van der Waals surface area contributed by atoms with Crippen LogP contribution in [0.3, 0.4) is 0 Å². The minimum Gasteiger partial charge on any atom is -0.444 e. The molecular formula is C27H37BrClN5O2. The van der Waals surface area contributed by atoms with E-state index >= 15 is 0 Å². The number of carbonyl (C=O) groups excluding carboxylic acids is 1.